The molecule has 0 fully saturated rings. The summed E-state index contributed by atoms with van der Waals surface area (Å²) in [4.78, 5) is 31.7. The summed E-state index contributed by atoms with van der Waals surface area (Å²) in [5.41, 5.74) is 2.80. The van der Waals surface area contributed by atoms with E-state index in [2.05, 4.69) is 27.1 Å². The highest BCUT2D eigenvalue weighted by Crippen LogP contribution is 2.30. The molecule has 0 saturated carbocycles. The largest absolute Gasteiger partial charge is 0.290 e. The van der Waals surface area contributed by atoms with E-state index in [1.165, 1.54) is 4.68 Å². The summed E-state index contributed by atoms with van der Waals surface area (Å²) in [6, 6.07) is 34.8. The van der Waals surface area contributed by atoms with Crippen LogP contribution < -0.4 is 11.1 Å². The van der Waals surface area contributed by atoms with E-state index in [4.69, 9.17) is 4.98 Å². The summed E-state index contributed by atoms with van der Waals surface area (Å²) in [7, 11) is 0. The molecular weight excluding hydrogens is 554 g/mol. The molecule has 6 aromatic rings. The Morgan fingerprint density at radius 3 is 2.03 bits per heavy atom. The highest BCUT2D eigenvalue weighted by molar-refractivity contribution is 9.10. The molecule has 4 aromatic carbocycles. The van der Waals surface area contributed by atoms with Gasteiger partial charge in [-0.15, -0.1) is 0 Å². The molecule has 6 rings (SSSR count). The third-order valence-corrected chi connectivity index (χ3v) is 6.94. The van der Waals surface area contributed by atoms with Crippen molar-refractivity contribution in [2.75, 3.05) is 0 Å². The standard InChI is InChI=1S/C31H18BrN5O2/c32-28-27(25(19-33)31(39)37(35-28)23-11-5-2-6-12-23)20-15-17-22(18-16-20)36-29(21-9-3-1-4-10-21)34-26-14-8-7-13-24(26)30(36)38/h1-18H. The van der Waals surface area contributed by atoms with Gasteiger partial charge in [-0.2, -0.15) is 15.0 Å². The predicted molar refractivity (Wildman–Crippen MR) is 154 cm³/mol. The van der Waals surface area contributed by atoms with Gasteiger partial charge >= 0.3 is 0 Å². The van der Waals surface area contributed by atoms with Crippen LogP contribution in [0.25, 0.3) is 44.8 Å². The van der Waals surface area contributed by atoms with Crippen molar-refractivity contribution in [1.82, 2.24) is 19.3 Å². The van der Waals surface area contributed by atoms with E-state index >= 15 is 0 Å². The maximum atomic E-state index is 13.7. The zero-order valence-electron chi connectivity index (χ0n) is 20.3. The SMILES string of the molecule is N#Cc1c(-c2ccc(-n3c(-c4ccccc4)nc4ccccc4c3=O)cc2)c(Br)nn(-c2ccccc2)c1=O. The molecule has 0 unspecified atom stereocenters. The first-order valence-electron chi connectivity index (χ1n) is 12.0. The molecule has 0 saturated heterocycles. The highest BCUT2D eigenvalue weighted by atomic mass is 79.9. The van der Waals surface area contributed by atoms with Crippen molar-refractivity contribution in [2.45, 2.75) is 0 Å². The number of fused-ring (bicyclic) bond motifs is 1. The maximum Gasteiger partial charge on any atom is 0.290 e. The summed E-state index contributed by atoms with van der Waals surface area (Å²) in [5.74, 6) is 0.512. The van der Waals surface area contributed by atoms with Gasteiger partial charge in [0.15, 0.2) is 0 Å². The van der Waals surface area contributed by atoms with E-state index in [1.54, 1.807) is 59.2 Å². The van der Waals surface area contributed by atoms with Crippen molar-refractivity contribution >= 4 is 26.8 Å². The van der Waals surface area contributed by atoms with Crippen molar-refractivity contribution in [2.24, 2.45) is 0 Å². The van der Waals surface area contributed by atoms with Gasteiger partial charge in [-0.05, 0) is 57.9 Å². The summed E-state index contributed by atoms with van der Waals surface area (Å²) in [6.45, 7) is 0. The van der Waals surface area contributed by atoms with E-state index in [1.807, 2.05) is 54.6 Å². The number of nitrogens with zero attached hydrogens (tertiary/aromatic N) is 5. The predicted octanol–water partition coefficient (Wildman–Crippen LogP) is 5.90. The number of benzene rings is 4. The number of hydrogen-bond donors (Lipinski definition) is 0. The number of halogens is 1. The van der Waals surface area contributed by atoms with Crippen LogP contribution in [-0.4, -0.2) is 19.3 Å². The summed E-state index contributed by atoms with van der Waals surface area (Å²) >= 11 is 3.46. The Morgan fingerprint density at radius 1 is 0.692 bits per heavy atom. The molecule has 186 valence electrons. The van der Waals surface area contributed by atoms with Gasteiger partial charge in [-0.25, -0.2) is 4.98 Å². The molecule has 0 aliphatic rings. The first-order valence-corrected chi connectivity index (χ1v) is 12.8. The van der Waals surface area contributed by atoms with Crippen LogP contribution in [0.2, 0.25) is 0 Å². The minimum atomic E-state index is -0.521. The molecule has 0 amide bonds. The lowest BCUT2D eigenvalue weighted by molar-refractivity contribution is 0.791. The molecule has 0 aliphatic carbocycles. The number of nitriles is 1. The lowest BCUT2D eigenvalue weighted by Gasteiger charge is -2.15. The number of aromatic nitrogens is 4. The maximum absolute atomic E-state index is 13.7. The van der Waals surface area contributed by atoms with E-state index in [9.17, 15) is 14.9 Å². The normalized spacial score (nSPS) is 10.9. The Balaban J connectivity index is 1.52. The lowest BCUT2D eigenvalue weighted by atomic mass is 10.0. The van der Waals surface area contributed by atoms with E-state index in [0.29, 0.717) is 43.8 Å². The second kappa shape index (κ2) is 9.97. The van der Waals surface area contributed by atoms with Gasteiger partial charge in [0, 0.05) is 11.1 Å². The fourth-order valence-corrected chi connectivity index (χ4v) is 5.13. The average Bonchev–Trinajstić information content (AvgIpc) is 2.99. The van der Waals surface area contributed by atoms with Crippen LogP contribution in [0.15, 0.2) is 123 Å². The Kier molecular flexibility index (Phi) is 6.19. The van der Waals surface area contributed by atoms with Crippen molar-refractivity contribution in [3.8, 4) is 40.0 Å². The molecule has 7 nitrogen and oxygen atoms in total. The molecule has 0 spiro atoms. The van der Waals surface area contributed by atoms with Crippen LogP contribution in [0, 0.1) is 11.3 Å². The first kappa shape index (κ1) is 24.2. The van der Waals surface area contributed by atoms with Crippen molar-refractivity contribution < 1.29 is 0 Å². The monoisotopic (exact) mass is 571 g/mol. The first-order chi connectivity index (χ1) is 19.1. The summed E-state index contributed by atoms with van der Waals surface area (Å²) in [6.07, 6.45) is 0. The Morgan fingerprint density at radius 2 is 1.33 bits per heavy atom. The van der Waals surface area contributed by atoms with E-state index in [-0.39, 0.29) is 11.1 Å². The minimum Gasteiger partial charge on any atom is -0.268 e. The smallest absolute Gasteiger partial charge is 0.268 e. The van der Waals surface area contributed by atoms with Crippen LogP contribution >= 0.6 is 15.9 Å². The fraction of sp³-hybridized carbons (Fsp3) is 0. The fourth-order valence-electron chi connectivity index (χ4n) is 4.54. The van der Waals surface area contributed by atoms with Crippen LogP contribution in [0.1, 0.15) is 5.56 Å². The van der Waals surface area contributed by atoms with Gasteiger partial charge in [0.05, 0.1) is 22.3 Å². The van der Waals surface area contributed by atoms with Gasteiger partial charge in [-0.3, -0.25) is 14.2 Å². The second-order valence-corrected chi connectivity index (χ2v) is 9.46. The Hall–Kier alpha value is -5.13. The summed E-state index contributed by atoms with van der Waals surface area (Å²) in [5, 5.41) is 14.8. The number of para-hydroxylation sites is 2. The third kappa shape index (κ3) is 4.25. The Labute approximate surface area is 231 Å². The lowest BCUT2D eigenvalue weighted by Crippen LogP contribution is -2.25. The van der Waals surface area contributed by atoms with Crippen molar-refractivity contribution in [3.63, 3.8) is 0 Å². The topological polar surface area (TPSA) is 93.6 Å². The third-order valence-electron chi connectivity index (χ3n) is 6.38. The van der Waals surface area contributed by atoms with E-state index in [0.717, 1.165) is 5.56 Å². The Bertz CT molecular complexity index is 2010. The molecule has 0 aliphatic heterocycles. The summed E-state index contributed by atoms with van der Waals surface area (Å²) < 4.78 is 3.13. The molecule has 0 bridgehead atoms. The van der Waals surface area contributed by atoms with Crippen LogP contribution in [0.3, 0.4) is 0 Å². The van der Waals surface area contributed by atoms with Crippen LogP contribution in [0.4, 0.5) is 0 Å². The van der Waals surface area contributed by atoms with Gasteiger partial charge in [0.1, 0.15) is 22.1 Å². The molecule has 2 aromatic heterocycles. The van der Waals surface area contributed by atoms with Crippen LogP contribution in [-0.2, 0) is 0 Å². The second-order valence-electron chi connectivity index (χ2n) is 8.71. The molecule has 0 N–H and O–H groups in total. The molecule has 0 atom stereocenters. The number of hydrogen-bond acceptors (Lipinski definition) is 5. The molecule has 0 radical (unpaired) electrons. The molecule has 2 heterocycles. The van der Waals surface area contributed by atoms with Gasteiger partial charge in [-0.1, -0.05) is 72.8 Å². The zero-order chi connectivity index (χ0) is 26.9. The van der Waals surface area contributed by atoms with Gasteiger partial charge < -0.3 is 0 Å². The minimum absolute atomic E-state index is 0.0389. The quantitative estimate of drug-likeness (QED) is 0.262. The molecular formula is C31H18BrN5O2. The number of rotatable bonds is 4. The van der Waals surface area contributed by atoms with Crippen molar-refractivity contribution in [3.05, 3.63) is 140 Å². The van der Waals surface area contributed by atoms with Gasteiger partial charge in [0.2, 0.25) is 0 Å². The zero-order valence-corrected chi connectivity index (χ0v) is 21.9. The molecule has 8 heteroatoms. The van der Waals surface area contributed by atoms with Gasteiger partial charge in [0.25, 0.3) is 11.1 Å². The highest BCUT2D eigenvalue weighted by Gasteiger charge is 2.20. The average molecular weight is 572 g/mol. The van der Waals surface area contributed by atoms with E-state index < -0.39 is 5.56 Å². The van der Waals surface area contributed by atoms with Crippen LogP contribution in [0.5, 0.6) is 0 Å². The van der Waals surface area contributed by atoms with Crippen molar-refractivity contribution in [1.29, 1.82) is 5.26 Å². The molecule has 39 heavy (non-hydrogen) atoms.